The molecule has 168 valence electrons. The molecule has 6 nitrogen and oxygen atoms in total. The van der Waals surface area contributed by atoms with E-state index >= 15 is 0 Å². The minimum atomic E-state index is -1.11. The largest absolute Gasteiger partial charge is 0.478 e. The van der Waals surface area contributed by atoms with Crippen molar-refractivity contribution in [2.24, 2.45) is 11.8 Å². The van der Waals surface area contributed by atoms with Crippen molar-refractivity contribution in [2.45, 2.75) is 45.3 Å². The van der Waals surface area contributed by atoms with Gasteiger partial charge >= 0.3 is 6.01 Å². The molecule has 1 aromatic heterocycles. The van der Waals surface area contributed by atoms with E-state index in [9.17, 15) is 13.9 Å². The van der Waals surface area contributed by atoms with Crippen LogP contribution in [-0.2, 0) is 12.1 Å². The first-order valence-corrected chi connectivity index (χ1v) is 11.0. The van der Waals surface area contributed by atoms with Crippen LogP contribution in [-0.4, -0.2) is 46.3 Å². The van der Waals surface area contributed by atoms with Crippen LogP contribution in [0.3, 0.4) is 0 Å². The summed E-state index contributed by atoms with van der Waals surface area (Å²) in [6, 6.07) is 4.25. The summed E-state index contributed by atoms with van der Waals surface area (Å²) in [4.78, 5) is 10.9. The Morgan fingerprint density at radius 2 is 1.97 bits per heavy atom. The van der Waals surface area contributed by atoms with Gasteiger partial charge in [-0.15, -0.1) is 0 Å². The van der Waals surface area contributed by atoms with Crippen LogP contribution in [0.1, 0.15) is 44.2 Å². The van der Waals surface area contributed by atoms with E-state index in [0.29, 0.717) is 50.1 Å². The van der Waals surface area contributed by atoms with E-state index < -0.39 is 17.2 Å². The van der Waals surface area contributed by atoms with Crippen LogP contribution >= 0.6 is 0 Å². The maximum Gasteiger partial charge on any atom is 0.319 e. The fourth-order valence-corrected chi connectivity index (χ4v) is 5.07. The van der Waals surface area contributed by atoms with Crippen molar-refractivity contribution < 1.29 is 23.4 Å². The normalized spacial score (nSPS) is 26.0. The number of halogens is 2. The lowest BCUT2D eigenvalue weighted by atomic mass is 9.68. The highest BCUT2D eigenvalue weighted by atomic mass is 19.2. The molecule has 1 saturated heterocycles. The number of fused-ring (bicyclic) bond motifs is 1. The van der Waals surface area contributed by atoms with E-state index in [1.165, 1.54) is 6.07 Å². The van der Waals surface area contributed by atoms with Crippen molar-refractivity contribution >= 4 is 0 Å². The summed E-state index contributed by atoms with van der Waals surface area (Å²) in [5.74, 6) is -1.04. The standard InChI is InChI=1S/C23H29F2N3O3/c1-3-30-21-17(11-26-22(27-21)31-4-2)23(29)9-5-6-16-13-28(14-18(16)23)12-15-7-8-19(24)20(25)10-15/h7-8,10-11,16,18,29H,3-6,9,12-14H2,1-2H3. The second-order valence-electron chi connectivity index (χ2n) is 8.36. The van der Waals surface area contributed by atoms with Crippen molar-refractivity contribution in [3.05, 3.63) is 47.2 Å². The van der Waals surface area contributed by atoms with Crippen LogP contribution in [0.4, 0.5) is 8.78 Å². The zero-order valence-corrected chi connectivity index (χ0v) is 18.0. The molecule has 2 fully saturated rings. The second kappa shape index (κ2) is 9.04. The molecule has 1 saturated carbocycles. The van der Waals surface area contributed by atoms with Gasteiger partial charge in [-0.1, -0.05) is 6.07 Å². The lowest BCUT2D eigenvalue weighted by Crippen LogP contribution is -2.43. The summed E-state index contributed by atoms with van der Waals surface area (Å²) in [6.07, 6.45) is 4.13. The summed E-state index contributed by atoms with van der Waals surface area (Å²) in [5, 5.41) is 11.9. The molecule has 2 aromatic rings. The summed E-state index contributed by atoms with van der Waals surface area (Å²) < 4.78 is 38.1. The molecule has 3 atom stereocenters. The molecule has 0 bridgehead atoms. The van der Waals surface area contributed by atoms with Gasteiger partial charge in [-0.3, -0.25) is 4.90 Å². The van der Waals surface area contributed by atoms with Gasteiger partial charge in [0.2, 0.25) is 5.88 Å². The van der Waals surface area contributed by atoms with Gasteiger partial charge in [-0.2, -0.15) is 4.98 Å². The lowest BCUT2D eigenvalue weighted by Gasteiger charge is -2.41. The van der Waals surface area contributed by atoms with E-state index in [1.54, 1.807) is 12.3 Å². The molecule has 0 spiro atoms. The molecule has 1 aliphatic carbocycles. The third-order valence-electron chi connectivity index (χ3n) is 6.41. The van der Waals surface area contributed by atoms with Gasteiger partial charge in [0.1, 0.15) is 5.60 Å². The average molecular weight is 433 g/mol. The Balaban J connectivity index is 1.58. The predicted octanol–water partition coefficient (Wildman–Crippen LogP) is 3.67. The molecule has 31 heavy (non-hydrogen) atoms. The Kier molecular flexibility index (Phi) is 6.39. The van der Waals surface area contributed by atoms with Crippen molar-refractivity contribution in [1.82, 2.24) is 14.9 Å². The van der Waals surface area contributed by atoms with Crippen LogP contribution in [0.25, 0.3) is 0 Å². The van der Waals surface area contributed by atoms with Gasteiger partial charge in [0.15, 0.2) is 11.6 Å². The molecule has 0 amide bonds. The molecule has 4 rings (SSSR count). The number of rotatable bonds is 7. The first kappa shape index (κ1) is 21.9. The van der Waals surface area contributed by atoms with Gasteiger partial charge in [-0.05, 0) is 56.7 Å². The molecule has 3 unspecified atom stereocenters. The maximum absolute atomic E-state index is 13.6. The summed E-state index contributed by atoms with van der Waals surface area (Å²) in [5.41, 5.74) is 0.212. The molecule has 2 aliphatic rings. The first-order valence-electron chi connectivity index (χ1n) is 11.0. The van der Waals surface area contributed by atoms with Crippen molar-refractivity contribution in [3.63, 3.8) is 0 Å². The minimum Gasteiger partial charge on any atom is -0.478 e. The molecule has 2 heterocycles. The quantitative estimate of drug-likeness (QED) is 0.719. The molecule has 8 heteroatoms. The molecular formula is C23H29F2N3O3. The smallest absolute Gasteiger partial charge is 0.319 e. The number of hydrogen-bond acceptors (Lipinski definition) is 6. The molecule has 1 N–H and O–H groups in total. The fraction of sp³-hybridized carbons (Fsp3) is 0.565. The van der Waals surface area contributed by atoms with E-state index in [-0.39, 0.29) is 11.9 Å². The van der Waals surface area contributed by atoms with Crippen molar-refractivity contribution in [2.75, 3.05) is 26.3 Å². The van der Waals surface area contributed by atoms with Crippen LogP contribution in [0, 0.1) is 23.5 Å². The lowest BCUT2D eigenvalue weighted by molar-refractivity contribution is -0.0672. The van der Waals surface area contributed by atoms with Gasteiger partial charge in [-0.25, -0.2) is 13.8 Å². The zero-order valence-electron chi connectivity index (χ0n) is 18.0. The number of hydrogen-bond donors (Lipinski definition) is 1. The Labute approximate surface area is 181 Å². The van der Waals surface area contributed by atoms with E-state index in [1.807, 2.05) is 13.8 Å². The molecular weight excluding hydrogens is 404 g/mol. The van der Waals surface area contributed by atoms with E-state index in [2.05, 4.69) is 14.9 Å². The third-order valence-corrected chi connectivity index (χ3v) is 6.41. The Bertz CT molecular complexity index is 929. The van der Waals surface area contributed by atoms with Crippen LogP contribution in [0.5, 0.6) is 11.9 Å². The molecule has 1 aliphatic heterocycles. The Morgan fingerprint density at radius 1 is 1.16 bits per heavy atom. The minimum absolute atomic E-state index is 0.0210. The number of nitrogens with zero attached hydrogens (tertiary/aromatic N) is 3. The predicted molar refractivity (Wildman–Crippen MR) is 111 cm³/mol. The number of benzene rings is 1. The van der Waals surface area contributed by atoms with Crippen molar-refractivity contribution in [3.8, 4) is 11.9 Å². The van der Waals surface area contributed by atoms with Crippen LogP contribution < -0.4 is 9.47 Å². The maximum atomic E-state index is 13.6. The van der Waals surface area contributed by atoms with Gasteiger partial charge in [0.25, 0.3) is 0 Å². The highest BCUT2D eigenvalue weighted by Gasteiger charge is 2.51. The number of aliphatic hydroxyl groups is 1. The van der Waals surface area contributed by atoms with E-state index in [4.69, 9.17) is 9.47 Å². The van der Waals surface area contributed by atoms with Gasteiger partial charge in [0, 0.05) is 31.7 Å². The Morgan fingerprint density at radius 3 is 2.71 bits per heavy atom. The van der Waals surface area contributed by atoms with Gasteiger partial charge in [0.05, 0.1) is 18.8 Å². The third kappa shape index (κ3) is 4.36. The van der Waals surface area contributed by atoms with Crippen LogP contribution in [0.15, 0.2) is 24.4 Å². The average Bonchev–Trinajstić information content (AvgIpc) is 3.16. The zero-order chi connectivity index (χ0) is 22.0. The summed E-state index contributed by atoms with van der Waals surface area (Å²) in [6.45, 7) is 6.56. The first-order chi connectivity index (χ1) is 14.9. The van der Waals surface area contributed by atoms with Gasteiger partial charge < -0.3 is 14.6 Å². The Hall–Kier alpha value is -2.32. The number of ether oxygens (including phenoxy) is 2. The number of likely N-dealkylation sites (tertiary alicyclic amines) is 1. The monoisotopic (exact) mass is 433 g/mol. The molecule has 1 aromatic carbocycles. The topological polar surface area (TPSA) is 67.7 Å². The SMILES string of the molecule is CCOc1ncc(C2(O)CCCC3CN(Cc4ccc(F)c(F)c4)CC32)c(OCC)n1. The second-order valence-corrected chi connectivity index (χ2v) is 8.36. The summed E-state index contributed by atoms with van der Waals surface area (Å²) in [7, 11) is 0. The van der Waals surface area contributed by atoms with Crippen molar-refractivity contribution in [1.29, 1.82) is 0 Å². The molecule has 0 radical (unpaired) electrons. The summed E-state index contributed by atoms with van der Waals surface area (Å²) >= 11 is 0. The van der Waals surface area contributed by atoms with Crippen LogP contribution in [0.2, 0.25) is 0 Å². The highest BCUT2D eigenvalue weighted by Crippen LogP contribution is 2.50. The highest BCUT2D eigenvalue weighted by molar-refractivity contribution is 5.33. The fourth-order valence-electron chi connectivity index (χ4n) is 5.07. The number of aromatic nitrogens is 2. The van der Waals surface area contributed by atoms with E-state index in [0.717, 1.165) is 31.0 Å².